The average Bonchev–Trinajstić information content (AvgIpc) is 2.85. The zero-order chi connectivity index (χ0) is 13.8. The Labute approximate surface area is 107 Å². The molecule has 1 aromatic heterocycles. The zero-order valence-electron chi connectivity index (χ0n) is 10.1. The highest BCUT2D eigenvalue weighted by molar-refractivity contribution is 5.47. The molecule has 0 amide bonds. The van der Waals surface area contributed by atoms with Crippen LogP contribution in [0.25, 0.3) is 0 Å². The highest BCUT2D eigenvalue weighted by Gasteiger charge is 2.11. The number of nitrogens with one attached hydrogen (secondary N) is 1. The number of ether oxygens (including phenoxy) is 1. The number of nitro groups is 1. The minimum Gasteiger partial charge on any atom is -0.494 e. The predicted octanol–water partition coefficient (Wildman–Crippen LogP) is 2.95. The van der Waals surface area contributed by atoms with Crippen molar-refractivity contribution < 1.29 is 18.5 Å². The minimum absolute atomic E-state index is 0.152. The standard InChI is InChI=1S/C12H11FN2O4/c1-18-11-4-2-8(6-10(11)13)14-7-9-3-5-12(19-9)15(16)17/h2-6,14H,7H2,1H3. The molecule has 0 aliphatic rings. The highest BCUT2D eigenvalue weighted by Crippen LogP contribution is 2.22. The van der Waals surface area contributed by atoms with Crippen LogP contribution >= 0.6 is 0 Å². The van der Waals surface area contributed by atoms with Crippen molar-refractivity contribution in [2.75, 3.05) is 12.4 Å². The van der Waals surface area contributed by atoms with E-state index >= 15 is 0 Å². The number of rotatable bonds is 5. The van der Waals surface area contributed by atoms with Crippen LogP contribution in [0.2, 0.25) is 0 Å². The van der Waals surface area contributed by atoms with Crippen molar-refractivity contribution in [1.29, 1.82) is 0 Å². The second-order valence-electron chi connectivity index (χ2n) is 3.70. The zero-order valence-corrected chi connectivity index (χ0v) is 10.1. The second kappa shape index (κ2) is 5.38. The summed E-state index contributed by atoms with van der Waals surface area (Å²) in [5.74, 6) is -0.266. The molecule has 0 saturated carbocycles. The maximum absolute atomic E-state index is 13.4. The van der Waals surface area contributed by atoms with Gasteiger partial charge in [0.1, 0.15) is 10.7 Å². The van der Waals surface area contributed by atoms with Crippen LogP contribution in [0.3, 0.4) is 0 Å². The van der Waals surface area contributed by atoms with E-state index in [4.69, 9.17) is 9.15 Å². The molecule has 1 aromatic carbocycles. The van der Waals surface area contributed by atoms with Crippen molar-refractivity contribution in [1.82, 2.24) is 0 Å². The van der Waals surface area contributed by atoms with Gasteiger partial charge in [-0.25, -0.2) is 4.39 Å². The van der Waals surface area contributed by atoms with Gasteiger partial charge in [0, 0.05) is 11.8 Å². The van der Waals surface area contributed by atoms with Crippen molar-refractivity contribution in [2.45, 2.75) is 6.54 Å². The Balaban J connectivity index is 2.01. The molecule has 19 heavy (non-hydrogen) atoms. The summed E-state index contributed by atoms with van der Waals surface area (Å²) in [6.45, 7) is 0.222. The normalized spacial score (nSPS) is 10.2. The summed E-state index contributed by atoms with van der Waals surface area (Å²) < 4.78 is 23.2. The minimum atomic E-state index is -0.615. The van der Waals surface area contributed by atoms with Gasteiger partial charge >= 0.3 is 5.88 Å². The first kappa shape index (κ1) is 12.9. The molecule has 1 heterocycles. The van der Waals surface area contributed by atoms with Crippen molar-refractivity contribution in [2.24, 2.45) is 0 Å². The summed E-state index contributed by atoms with van der Waals surface area (Å²) in [5.41, 5.74) is 0.525. The van der Waals surface area contributed by atoms with Crippen molar-refractivity contribution >= 4 is 11.6 Å². The van der Waals surface area contributed by atoms with Crippen LogP contribution in [0, 0.1) is 15.9 Å². The Hall–Kier alpha value is -2.57. The molecule has 0 aliphatic carbocycles. The quantitative estimate of drug-likeness (QED) is 0.665. The lowest BCUT2D eigenvalue weighted by Gasteiger charge is -2.06. The van der Waals surface area contributed by atoms with E-state index in [2.05, 4.69) is 5.32 Å². The van der Waals surface area contributed by atoms with Gasteiger partial charge in [-0.3, -0.25) is 10.1 Å². The Morgan fingerprint density at radius 3 is 2.79 bits per heavy atom. The Morgan fingerprint density at radius 1 is 1.42 bits per heavy atom. The van der Waals surface area contributed by atoms with E-state index in [1.54, 1.807) is 6.07 Å². The van der Waals surface area contributed by atoms with Gasteiger partial charge in [0.2, 0.25) is 0 Å². The lowest BCUT2D eigenvalue weighted by molar-refractivity contribution is -0.402. The van der Waals surface area contributed by atoms with Crippen LogP contribution in [-0.2, 0) is 6.54 Å². The Bertz CT molecular complexity index is 597. The molecule has 7 heteroatoms. The number of anilines is 1. The molecule has 100 valence electrons. The molecule has 0 bridgehead atoms. The van der Waals surface area contributed by atoms with Crippen molar-refractivity contribution in [3.05, 3.63) is 52.0 Å². The topological polar surface area (TPSA) is 77.5 Å². The number of hydrogen-bond acceptors (Lipinski definition) is 5. The molecule has 0 spiro atoms. The van der Waals surface area contributed by atoms with Gasteiger partial charge in [0.05, 0.1) is 19.7 Å². The number of hydrogen-bond donors (Lipinski definition) is 1. The molecule has 2 aromatic rings. The van der Waals surface area contributed by atoms with Crippen LogP contribution in [-0.4, -0.2) is 12.0 Å². The molecule has 2 rings (SSSR count). The number of benzene rings is 1. The smallest absolute Gasteiger partial charge is 0.433 e. The van der Waals surface area contributed by atoms with Crippen LogP contribution in [0.15, 0.2) is 34.7 Å². The summed E-state index contributed by atoms with van der Waals surface area (Å²) in [6.07, 6.45) is 0. The molecule has 6 nitrogen and oxygen atoms in total. The van der Waals surface area contributed by atoms with Crippen molar-refractivity contribution in [3.63, 3.8) is 0 Å². The van der Waals surface area contributed by atoms with Crippen LogP contribution in [0.5, 0.6) is 5.75 Å². The van der Waals surface area contributed by atoms with Crippen LogP contribution in [0.1, 0.15) is 5.76 Å². The third-order valence-electron chi connectivity index (χ3n) is 2.45. The molecule has 0 atom stereocenters. The molecule has 0 aliphatic heterocycles. The van der Waals surface area contributed by atoms with Gasteiger partial charge < -0.3 is 14.5 Å². The lowest BCUT2D eigenvalue weighted by atomic mass is 10.3. The Kier molecular flexibility index (Phi) is 3.65. The summed E-state index contributed by atoms with van der Waals surface area (Å²) >= 11 is 0. The van der Waals surface area contributed by atoms with E-state index < -0.39 is 10.7 Å². The molecular weight excluding hydrogens is 255 g/mol. The SMILES string of the molecule is COc1ccc(NCc2ccc([N+](=O)[O-])o2)cc1F. The lowest BCUT2D eigenvalue weighted by Crippen LogP contribution is -1.99. The number of furan rings is 1. The summed E-state index contributed by atoms with van der Waals surface area (Å²) in [5, 5.41) is 13.3. The van der Waals surface area contributed by atoms with Gasteiger partial charge in [0.25, 0.3) is 0 Å². The van der Waals surface area contributed by atoms with Gasteiger partial charge in [-0.05, 0) is 18.2 Å². The fourth-order valence-corrected chi connectivity index (χ4v) is 1.53. The van der Waals surface area contributed by atoms with Crippen LogP contribution < -0.4 is 10.1 Å². The van der Waals surface area contributed by atoms with Gasteiger partial charge in [-0.15, -0.1) is 0 Å². The molecule has 0 saturated heterocycles. The number of methoxy groups -OCH3 is 1. The molecule has 1 N–H and O–H groups in total. The van der Waals surface area contributed by atoms with Gasteiger partial charge in [-0.1, -0.05) is 0 Å². The summed E-state index contributed by atoms with van der Waals surface area (Å²) in [7, 11) is 1.38. The second-order valence-corrected chi connectivity index (χ2v) is 3.70. The van der Waals surface area contributed by atoms with E-state index in [1.807, 2.05) is 0 Å². The summed E-state index contributed by atoms with van der Waals surface area (Å²) in [4.78, 5) is 9.82. The first-order valence-electron chi connectivity index (χ1n) is 5.40. The van der Waals surface area contributed by atoms with E-state index in [1.165, 1.54) is 31.4 Å². The largest absolute Gasteiger partial charge is 0.494 e. The van der Waals surface area contributed by atoms with E-state index in [0.717, 1.165) is 0 Å². The highest BCUT2D eigenvalue weighted by atomic mass is 19.1. The average molecular weight is 266 g/mol. The molecular formula is C12H11FN2O4. The summed E-state index contributed by atoms with van der Waals surface area (Å²) in [6, 6.07) is 7.16. The van der Waals surface area contributed by atoms with E-state index in [9.17, 15) is 14.5 Å². The fraction of sp³-hybridized carbons (Fsp3) is 0.167. The first-order valence-corrected chi connectivity index (χ1v) is 5.40. The molecule has 0 fully saturated rings. The molecule has 0 radical (unpaired) electrons. The Morgan fingerprint density at radius 2 is 2.21 bits per heavy atom. The third-order valence-corrected chi connectivity index (χ3v) is 2.45. The van der Waals surface area contributed by atoms with Crippen molar-refractivity contribution in [3.8, 4) is 5.75 Å². The third kappa shape index (κ3) is 3.01. The van der Waals surface area contributed by atoms with Gasteiger partial charge in [0.15, 0.2) is 11.6 Å². The first-order chi connectivity index (χ1) is 9.10. The van der Waals surface area contributed by atoms with Gasteiger partial charge in [-0.2, -0.15) is 0 Å². The maximum Gasteiger partial charge on any atom is 0.433 e. The monoisotopic (exact) mass is 266 g/mol. The predicted molar refractivity (Wildman–Crippen MR) is 65.6 cm³/mol. The number of halogens is 1. The number of nitrogens with zero attached hydrogens (tertiary/aromatic N) is 1. The maximum atomic E-state index is 13.4. The molecule has 0 unspecified atom stereocenters. The fourth-order valence-electron chi connectivity index (χ4n) is 1.53. The van der Waals surface area contributed by atoms with E-state index in [-0.39, 0.29) is 18.2 Å². The van der Waals surface area contributed by atoms with E-state index in [0.29, 0.717) is 11.4 Å². The van der Waals surface area contributed by atoms with Crippen LogP contribution in [0.4, 0.5) is 16.0 Å².